The minimum atomic E-state index is 0. The molecule has 1 N–H and O–H groups in total. The Morgan fingerprint density at radius 1 is 1.03 bits per heavy atom. The second kappa shape index (κ2) is 10.4. The number of aryl methyl sites for hydroxylation is 2. The van der Waals surface area contributed by atoms with Crippen molar-refractivity contribution < 1.29 is 14.4 Å². The van der Waals surface area contributed by atoms with Gasteiger partial charge in [0, 0.05) is 50.6 Å². The molecule has 2 heterocycles. The zero-order valence-corrected chi connectivity index (χ0v) is 18.3. The van der Waals surface area contributed by atoms with Crippen molar-refractivity contribution in [2.45, 2.75) is 57.4 Å². The second-order valence-electron chi connectivity index (χ2n) is 8.51. The minimum absolute atomic E-state index is 0. The predicted octanol–water partition coefficient (Wildman–Crippen LogP) is 2.37. The van der Waals surface area contributed by atoms with Gasteiger partial charge < -0.3 is 15.1 Å². The lowest BCUT2D eigenvalue weighted by Crippen LogP contribution is -2.57. The average molecular weight is 434 g/mol. The number of piperidine rings is 1. The summed E-state index contributed by atoms with van der Waals surface area (Å²) in [6, 6.07) is 6.15. The third-order valence-corrected chi connectivity index (χ3v) is 6.55. The second-order valence-corrected chi connectivity index (χ2v) is 8.51. The number of Topliss-reactive ketones (excluding diaryl/α,β-unsaturated/α-hetero) is 1. The molecule has 7 heteroatoms. The number of hydrogen-bond acceptors (Lipinski definition) is 4. The Kier molecular flexibility index (Phi) is 7.89. The largest absolute Gasteiger partial charge is 0.341 e. The van der Waals surface area contributed by atoms with Gasteiger partial charge in [-0.05, 0) is 55.7 Å². The molecule has 1 aromatic carbocycles. The van der Waals surface area contributed by atoms with Crippen LogP contribution >= 0.6 is 12.4 Å². The molecule has 30 heavy (non-hydrogen) atoms. The summed E-state index contributed by atoms with van der Waals surface area (Å²) in [5.41, 5.74) is 3.40. The number of benzene rings is 1. The number of halogens is 1. The van der Waals surface area contributed by atoms with Gasteiger partial charge in [-0.2, -0.15) is 0 Å². The van der Waals surface area contributed by atoms with Crippen molar-refractivity contribution in [3.63, 3.8) is 0 Å². The fourth-order valence-electron chi connectivity index (χ4n) is 4.87. The van der Waals surface area contributed by atoms with Gasteiger partial charge in [0.05, 0.1) is 6.54 Å². The maximum absolute atomic E-state index is 12.7. The van der Waals surface area contributed by atoms with Crippen LogP contribution in [-0.4, -0.2) is 66.2 Å². The number of piperazine rings is 1. The van der Waals surface area contributed by atoms with E-state index < -0.39 is 0 Å². The number of likely N-dealkylation sites (tertiary alicyclic amines) is 1. The highest BCUT2D eigenvalue weighted by atomic mass is 35.5. The number of rotatable bonds is 5. The average Bonchev–Trinajstić information content (AvgIpc) is 2.77. The number of fused-ring (bicyclic) bond motifs is 1. The van der Waals surface area contributed by atoms with Crippen molar-refractivity contribution in [1.82, 2.24) is 15.1 Å². The van der Waals surface area contributed by atoms with E-state index in [-0.39, 0.29) is 48.9 Å². The van der Waals surface area contributed by atoms with Crippen LogP contribution in [0.1, 0.15) is 60.0 Å². The number of amides is 2. The first-order valence-electron chi connectivity index (χ1n) is 11.0. The smallest absolute Gasteiger partial charge is 0.236 e. The molecular weight excluding hydrogens is 402 g/mol. The molecule has 3 aliphatic rings. The van der Waals surface area contributed by atoms with E-state index in [1.54, 1.807) is 0 Å². The molecule has 0 radical (unpaired) electrons. The highest BCUT2D eigenvalue weighted by Gasteiger charge is 2.31. The highest BCUT2D eigenvalue weighted by Crippen LogP contribution is 2.23. The van der Waals surface area contributed by atoms with E-state index in [1.807, 2.05) is 21.9 Å². The lowest BCUT2D eigenvalue weighted by molar-refractivity contribution is -0.140. The lowest BCUT2D eigenvalue weighted by Gasteiger charge is -2.41. The van der Waals surface area contributed by atoms with E-state index in [2.05, 4.69) is 11.4 Å². The fraction of sp³-hybridized carbons (Fsp3) is 0.609. The molecule has 0 spiro atoms. The Morgan fingerprint density at radius 3 is 2.63 bits per heavy atom. The summed E-state index contributed by atoms with van der Waals surface area (Å²) in [5.74, 6) is 0.208. The standard InChI is InChI=1S/C23H31N3O3.ClH/c27-21(19-8-7-17-4-1-2-5-18(17)14-19)9-10-22(28)25-12-3-6-20(16-25)26-13-11-24-15-23(26)29;/h7-8,14,20,24H,1-6,9-13,15-16H2;1H. The highest BCUT2D eigenvalue weighted by molar-refractivity contribution is 5.98. The normalized spacial score (nSPS) is 21.6. The number of hydrogen-bond donors (Lipinski definition) is 1. The molecule has 1 atom stereocenters. The van der Waals surface area contributed by atoms with E-state index in [0.717, 1.165) is 44.3 Å². The topological polar surface area (TPSA) is 69.7 Å². The quantitative estimate of drug-likeness (QED) is 0.724. The molecular formula is C23H32ClN3O3. The first kappa shape index (κ1) is 22.8. The van der Waals surface area contributed by atoms with Crippen molar-refractivity contribution >= 4 is 30.0 Å². The van der Waals surface area contributed by atoms with Crippen molar-refractivity contribution in [2.75, 3.05) is 32.7 Å². The van der Waals surface area contributed by atoms with Crippen LogP contribution in [-0.2, 0) is 22.4 Å². The molecule has 1 aromatic rings. The first-order chi connectivity index (χ1) is 14.1. The summed E-state index contributed by atoms with van der Waals surface area (Å²) in [7, 11) is 0. The van der Waals surface area contributed by atoms with Crippen LogP contribution in [0.25, 0.3) is 0 Å². The summed E-state index contributed by atoms with van der Waals surface area (Å²) < 4.78 is 0. The Hall–Kier alpha value is -1.92. The van der Waals surface area contributed by atoms with E-state index in [9.17, 15) is 14.4 Å². The van der Waals surface area contributed by atoms with E-state index in [4.69, 9.17) is 0 Å². The third-order valence-electron chi connectivity index (χ3n) is 6.55. The molecule has 2 saturated heterocycles. The summed E-state index contributed by atoms with van der Waals surface area (Å²) >= 11 is 0. The van der Waals surface area contributed by atoms with E-state index in [1.165, 1.54) is 24.0 Å². The van der Waals surface area contributed by atoms with Gasteiger partial charge in [-0.25, -0.2) is 0 Å². The maximum atomic E-state index is 12.7. The number of carbonyl (C=O) groups is 3. The molecule has 164 valence electrons. The molecule has 6 nitrogen and oxygen atoms in total. The molecule has 1 aliphatic carbocycles. The minimum Gasteiger partial charge on any atom is -0.341 e. The number of carbonyl (C=O) groups excluding carboxylic acids is 3. The van der Waals surface area contributed by atoms with Gasteiger partial charge in [0.2, 0.25) is 11.8 Å². The molecule has 2 fully saturated rings. The zero-order chi connectivity index (χ0) is 20.2. The van der Waals surface area contributed by atoms with Gasteiger partial charge in [0.15, 0.2) is 5.78 Å². The van der Waals surface area contributed by atoms with Gasteiger partial charge in [-0.1, -0.05) is 12.1 Å². The van der Waals surface area contributed by atoms with Crippen LogP contribution in [0, 0.1) is 0 Å². The molecule has 2 amide bonds. The van der Waals surface area contributed by atoms with Crippen LogP contribution in [0.4, 0.5) is 0 Å². The first-order valence-corrected chi connectivity index (χ1v) is 11.0. The van der Waals surface area contributed by atoms with Crippen LogP contribution < -0.4 is 5.32 Å². The van der Waals surface area contributed by atoms with Crippen molar-refractivity contribution in [3.8, 4) is 0 Å². The molecule has 4 rings (SSSR count). The Labute approximate surface area is 184 Å². The van der Waals surface area contributed by atoms with E-state index in [0.29, 0.717) is 19.6 Å². The fourth-order valence-corrected chi connectivity index (χ4v) is 4.87. The van der Waals surface area contributed by atoms with Gasteiger partial charge in [-0.3, -0.25) is 14.4 Å². The Morgan fingerprint density at radius 2 is 1.83 bits per heavy atom. The Balaban J connectivity index is 0.00000256. The van der Waals surface area contributed by atoms with Crippen molar-refractivity contribution in [1.29, 1.82) is 0 Å². The maximum Gasteiger partial charge on any atom is 0.236 e. The van der Waals surface area contributed by atoms with Crippen molar-refractivity contribution in [2.24, 2.45) is 0 Å². The zero-order valence-electron chi connectivity index (χ0n) is 17.5. The van der Waals surface area contributed by atoms with E-state index >= 15 is 0 Å². The van der Waals surface area contributed by atoms with Gasteiger partial charge in [0.25, 0.3) is 0 Å². The monoisotopic (exact) mass is 433 g/mol. The molecule has 0 bridgehead atoms. The number of nitrogens with zero attached hydrogens (tertiary/aromatic N) is 2. The third kappa shape index (κ3) is 5.22. The Bertz CT molecular complexity index is 798. The molecule has 0 saturated carbocycles. The van der Waals surface area contributed by atoms with Crippen LogP contribution in [0.2, 0.25) is 0 Å². The lowest BCUT2D eigenvalue weighted by atomic mass is 9.89. The number of ketones is 1. The molecule has 2 aliphatic heterocycles. The number of nitrogens with one attached hydrogen (secondary N) is 1. The summed E-state index contributed by atoms with van der Waals surface area (Å²) in [6.07, 6.45) is 6.93. The summed E-state index contributed by atoms with van der Waals surface area (Å²) in [4.78, 5) is 41.3. The summed E-state index contributed by atoms with van der Waals surface area (Å²) in [5, 5.41) is 3.10. The molecule has 0 aromatic heterocycles. The van der Waals surface area contributed by atoms with Gasteiger partial charge in [-0.15, -0.1) is 12.4 Å². The van der Waals surface area contributed by atoms with Crippen LogP contribution in [0.5, 0.6) is 0 Å². The van der Waals surface area contributed by atoms with Crippen LogP contribution in [0.15, 0.2) is 18.2 Å². The predicted molar refractivity (Wildman–Crippen MR) is 118 cm³/mol. The SMILES string of the molecule is Cl.O=C(CCC(=O)N1CCCC(N2CCNCC2=O)C1)c1ccc2c(c1)CCCC2. The summed E-state index contributed by atoms with van der Waals surface area (Å²) in [6.45, 7) is 3.23. The van der Waals surface area contributed by atoms with Crippen molar-refractivity contribution in [3.05, 3.63) is 34.9 Å². The molecule has 1 unspecified atom stereocenters. The van der Waals surface area contributed by atoms with Crippen LogP contribution in [0.3, 0.4) is 0 Å². The van der Waals surface area contributed by atoms with Gasteiger partial charge in [0.1, 0.15) is 0 Å². The van der Waals surface area contributed by atoms with Gasteiger partial charge >= 0.3 is 0 Å².